The lowest BCUT2D eigenvalue weighted by Gasteiger charge is -2.57. The Bertz CT molecular complexity index is 8290. The van der Waals surface area contributed by atoms with Crippen molar-refractivity contribution in [2.24, 2.45) is 0 Å². The molecule has 0 aliphatic heterocycles. The molecule has 0 amide bonds. The standard InChI is InChI=1S/C58H40N4.C38H32N4.C38H32N2/c1-7-21-41(22-8-1)54-60-55(42-23-9-2-10-24-42)62-56(61-54)44-36-38-53(59-40-44)43-35-37-52-50(39-43)49-33-19-20-34-51(49)57(45-25-11-3-12-26-45,46-27-13-4-14-28-46)58(52,47-29-15-5-16-30-47)48-31-17-6-18-32-48;1-37(2)31-18-12-11-17-29(31)30-23-27(19-21-32(30)38(37,3)4)33-22-20-28(24-39-33)36-41-34(25-13-7-5-8-14-25)40-35(42-36)26-15-9-6-10-16-26;1-37(2)31-20-12-11-18-29(31)30-23-22-27(24-32(30)38(37,3)4)28-19-13-21-33-36(28)40-35(26-16-9-6-10-17-26)34(39-33)25-14-7-5-8-15-25/h1-40H;5-24H,1-4H3;5-24H,1-4H3. The van der Waals surface area contributed by atoms with Gasteiger partial charge in [-0.3, -0.25) is 9.97 Å². The van der Waals surface area contributed by atoms with Crippen LogP contribution in [-0.4, -0.2) is 49.8 Å². The molecule has 0 unspecified atom stereocenters. The minimum atomic E-state index is -0.705. The minimum Gasteiger partial charge on any atom is -0.255 e. The molecule has 0 fully saturated rings. The van der Waals surface area contributed by atoms with Gasteiger partial charge in [-0.1, -0.05) is 480 Å². The zero-order valence-corrected chi connectivity index (χ0v) is 81.7. The van der Waals surface area contributed by atoms with Gasteiger partial charge in [0.25, 0.3) is 0 Å². The van der Waals surface area contributed by atoms with Crippen LogP contribution in [0.1, 0.15) is 111 Å². The van der Waals surface area contributed by atoms with Gasteiger partial charge in [-0.25, -0.2) is 39.9 Å². The molecule has 0 atom stereocenters. The van der Waals surface area contributed by atoms with E-state index >= 15 is 0 Å². The summed E-state index contributed by atoms with van der Waals surface area (Å²) in [6, 6.07) is 167. The van der Waals surface area contributed by atoms with E-state index in [0.717, 1.165) is 95.0 Å². The first kappa shape index (κ1) is 90.3. The summed E-state index contributed by atoms with van der Waals surface area (Å²) in [7, 11) is 0. The quantitative estimate of drug-likeness (QED) is 0.0978. The maximum absolute atomic E-state index is 5.35. The third-order valence-corrected chi connectivity index (χ3v) is 30.9. The molecule has 25 rings (SSSR count). The first-order chi connectivity index (χ1) is 70.4. The zero-order valence-electron chi connectivity index (χ0n) is 81.7. The van der Waals surface area contributed by atoms with E-state index in [1.165, 1.54) is 94.6 Å². The largest absolute Gasteiger partial charge is 0.255 e. The van der Waals surface area contributed by atoms with Crippen LogP contribution in [0.4, 0.5) is 0 Å². The molecule has 10 nitrogen and oxygen atoms in total. The number of benzene rings is 17. The molecular formula is C134H104N10. The Labute approximate surface area is 842 Å². The lowest BCUT2D eigenvalue weighted by Crippen LogP contribution is -2.54. The minimum absolute atomic E-state index is 0.0136. The summed E-state index contributed by atoms with van der Waals surface area (Å²) in [5.41, 5.74) is 36.5. The van der Waals surface area contributed by atoms with Crippen LogP contribution in [0.3, 0.4) is 0 Å². The highest BCUT2D eigenvalue weighted by Gasteiger charge is 2.61. The summed E-state index contributed by atoms with van der Waals surface area (Å²) in [4.78, 5) is 49.9. The molecule has 690 valence electrons. The number of aromatic nitrogens is 10. The Morgan fingerprint density at radius 1 is 0.160 bits per heavy atom. The third-order valence-electron chi connectivity index (χ3n) is 30.9. The fourth-order valence-electron chi connectivity index (χ4n) is 22.3. The van der Waals surface area contributed by atoms with E-state index in [2.05, 4.69) is 395 Å². The van der Waals surface area contributed by atoms with Crippen LogP contribution in [0.2, 0.25) is 0 Å². The van der Waals surface area contributed by atoms with Crippen LogP contribution in [0, 0.1) is 0 Å². The molecule has 0 saturated carbocycles. The fraction of sp³-hybridized carbons (Fsp3) is 0.104. The Hall–Kier alpha value is -17.6. The molecule has 22 aromatic rings. The van der Waals surface area contributed by atoms with Crippen molar-refractivity contribution in [1.82, 2.24) is 49.8 Å². The van der Waals surface area contributed by atoms with Crippen molar-refractivity contribution in [1.29, 1.82) is 0 Å². The van der Waals surface area contributed by atoms with Gasteiger partial charge in [0, 0.05) is 73.6 Å². The van der Waals surface area contributed by atoms with Crippen molar-refractivity contribution in [2.45, 2.75) is 87.9 Å². The lowest BCUT2D eigenvalue weighted by atomic mass is 9.43. The molecule has 144 heavy (non-hydrogen) atoms. The van der Waals surface area contributed by atoms with Crippen molar-refractivity contribution < 1.29 is 0 Å². The molecule has 0 N–H and O–H groups in total. The molecule has 5 aromatic heterocycles. The van der Waals surface area contributed by atoms with Crippen LogP contribution in [-0.2, 0) is 32.5 Å². The lowest BCUT2D eigenvalue weighted by molar-refractivity contribution is 0.299. The molecule has 10 heteroatoms. The predicted octanol–water partition coefficient (Wildman–Crippen LogP) is 32.3. The van der Waals surface area contributed by atoms with E-state index < -0.39 is 10.8 Å². The zero-order chi connectivity index (χ0) is 97.7. The van der Waals surface area contributed by atoms with Crippen molar-refractivity contribution >= 4 is 11.0 Å². The highest BCUT2D eigenvalue weighted by molar-refractivity contribution is 5.97. The maximum Gasteiger partial charge on any atom is 0.165 e. The summed E-state index contributed by atoms with van der Waals surface area (Å²) >= 11 is 0. The molecule has 3 aliphatic rings. The summed E-state index contributed by atoms with van der Waals surface area (Å²) < 4.78 is 0. The van der Waals surface area contributed by atoms with E-state index in [1.807, 2.05) is 146 Å². The van der Waals surface area contributed by atoms with Gasteiger partial charge in [0.15, 0.2) is 34.9 Å². The van der Waals surface area contributed by atoms with E-state index in [1.54, 1.807) is 0 Å². The van der Waals surface area contributed by atoms with E-state index in [9.17, 15) is 0 Å². The Kier molecular flexibility index (Phi) is 23.3. The van der Waals surface area contributed by atoms with Crippen LogP contribution in [0.25, 0.3) is 169 Å². The number of rotatable bonds is 15. The monoisotopic (exact) mass is 1850 g/mol. The van der Waals surface area contributed by atoms with Gasteiger partial charge in [-0.15, -0.1) is 0 Å². The summed E-state index contributed by atoms with van der Waals surface area (Å²) in [6.07, 6.45) is 3.75. The second-order valence-corrected chi connectivity index (χ2v) is 39.6. The number of fused-ring (bicyclic) bond motifs is 10. The number of nitrogens with zero attached hydrogens (tertiary/aromatic N) is 10. The molecular weight excluding hydrogens is 1750 g/mol. The first-order valence-electron chi connectivity index (χ1n) is 49.5. The summed E-state index contributed by atoms with van der Waals surface area (Å²) in [6.45, 7) is 19.0. The average Bonchev–Trinajstić information content (AvgIpc) is 0.657. The second kappa shape index (κ2) is 37.2. The highest BCUT2D eigenvalue weighted by atomic mass is 15.0. The van der Waals surface area contributed by atoms with Crippen molar-refractivity contribution in [3.05, 3.63) is 541 Å². The Morgan fingerprint density at radius 2 is 0.424 bits per heavy atom. The Morgan fingerprint density at radius 3 is 0.799 bits per heavy atom. The van der Waals surface area contributed by atoms with Gasteiger partial charge in [0.05, 0.1) is 44.6 Å². The van der Waals surface area contributed by atoms with Crippen LogP contribution < -0.4 is 0 Å². The molecule has 17 aromatic carbocycles. The van der Waals surface area contributed by atoms with Gasteiger partial charge >= 0.3 is 0 Å². The number of hydrogen-bond donors (Lipinski definition) is 0. The van der Waals surface area contributed by atoms with Crippen molar-refractivity contribution in [3.8, 4) is 158 Å². The highest BCUT2D eigenvalue weighted by Crippen LogP contribution is 2.66. The van der Waals surface area contributed by atoms with Crippen LogP contribution in [0.15, 0.2) is 486 Å². The second-order valence-electron chi connectivity index (χ2n) is 39.6. The number of hydrogen-bond acceptors (Lipinski definition) is 10. The van der Waals surface area contributed by atoms with E-state index in [-0.39, 0.29) is 21.7 Å². The number of para-hydroxylation sites is 1. The van der Waals surface area contributed by atoms with E-state index in [4.69, 9.17) is 49.8 Å². The fourth-order valence-corrected chi connectivity index (χ4v) is 22.3. The maximum atomic E-state index is 5.35. The smallest absolute Gasteiger partial charge is 0.165 e. The van der Waals surface area contributed by atoms with Gasteiger partial charge in [-0.2, -0.15) is 0 Å². The molecule has 0 radical (unpaired) electrons. The van der Waals surface area contributed by atoms with Gasteiger partial charge in [0.2, 0.25) is 0 Å². The van der Waals surface area contributed by atoms with Gasteiger partial charge in [-0.05, 0) is 165 Å². The SMILES string of the molecule is CC1(C)c2ccccc2-c2cc(-c3ccc(-c4nc(-c5ccccc5)nc(-c5ccccc5)n4)cn3)ccc2C1(C)C.CC1(C)c2ccccc2-c2ccc(-c3cccc4nc(-c5ccccc5)c(-c5ccccc5)nc34)cc2C1(C)C.c1ccc(-c2nc(-c3ccccc3)nc(-c3ccc(-c4ccc5c(c4)-c4ccccc4C(c4ccccc4)(c4ccccc4)C5(c4ccccc4)c4ccccc4)nc3)n2)cc1. The Balaban J connectivity index is 0.000000124. The topological polar surface area (TPSA) is 129 Å². The normalized spacial score (nSPS) is 14.2. The molecule has 5 heterocycles. The van der Waals surface area contributed by atoms with Crippen molar-refractivity contribution in [3.63, 3.8) is 0 Å². The molecule has 0 saturated heterocycles. The molecule has 0 bridgehead atoms. The van der Waals surface area contributed by atoms with E-state index in [0.29, 0.717) is 34.9 Å². The van der Waals surface area contributed by atoms with Gasteiger partial charge in [0.1, 0.15) is 0 Å². The first-order valence-corrected chi connectivity index (χ1v) is 49.5. The number of pyridine rings is 2. The summed E-state index contributed by atoms with van der Waals surface area (Å²) in [5, 5.41) is 0. The molecule has 0 spiro atoms. The summed E-state index contributed by atoms with van der Waals surface area (Å²) in [5.74, 6) is 3.70. The molecule has 3 aliphatic carbocycles. The predicted molar refractivity (Wildman–Crippen MR) is 589 cm³/mol. The average molecular weight is 1850 g/mol. The third kappa shape index (κ3) is 15.7. The van der Waals surface area contributed by atoms with Crippen LogP contribution in [0.5, 0.6) is 0 Å². The van der Waals surface area contributed by atoms with Crippen molar-refractivity contribution in [2.75, 3.05) is 0 Å². The van der Waals surface area contributed by atoms with Crippen LogP contribution >= 0.6 is 0 Å². The van der Waals surface area contributed by atoms with Gasteiger partial charge < -0.3 is 0 Å².